The van der Waals surface area contributed by atoms with Crippen LogP contribution in [0.5, 0.6) is 11.5 Å². The van der Waals surface area contributed by atoms with E-state index >= 15 is 0 Å². The van der Waals surface area contributed by atoms with Gasteiger partial charge in [-0.2, -0.15) is 0 Å². The van der Waals surface area contributed by atoms with E-state index < -0.39 is 11.7 Å². The Balaban J connectivity index is 1.80. The van der Waals surface area contributed by atoms with Crippen LogP contribution in [0.2, 0.25) is 0 Å². The Morgan fingerprint density at radius 3 is 2.58 bits per heavy atom. The van der Waals surface area contributed by atoms with Gasteiger partial charge in [0.05, 0.1) is 14.2 Å². The number of methoxy groups -OCH3 is 2. The molecule has 0 unspecified atom stereocenters. The SMILES string of the molecule is COc1ccc(CNC(=O)C(=O)CCCc2ccc(C)cn2)c(OC)c1. The van der Waals surface area contributed by atoms with Crippen molar-refractivity contribution in [3.05, 3.63) is 53.3 Å². The number of amides is 1. The molecule has 1 N–H and O–H groups in total. The van der Waals surface area contributed by atoms with Gasteiger partial charge in [0.1, 0.15) is 11.5 Å². The van der Waals surface area contributed by atoms with Crippen LogP contribution in [-0.2, 0) is 22.6 Å². The van der Waals surface area contributed by atoms with E-state index in [1.54, 1.807) is 38.6 Å². The fourth-order valence-corrected chi connectivity index (χ4v) is 2.46. The van der Waals surface area contributed by atoms with Crippen LogP contribution >= 0.6 is 0 Å². The van der Waals surface area contributed by atoms with Crippen LogP contribution in [0.3, 0.4) is 0 Å². The highest BCUT2D eigenvalue weighted by atomic mass is 16.5. The lowest BCUT2D eigenvalue weighted by atomic mass is 10.1. The lowest BCUT2D eigenvalue weighted by Crippen LogP contribution is -2.30. The Labute approximate surface area is 153 Å². The third-order valence-corrected chi connectivity index (χ3v) is 4.00. The van der Waals surface area contributed by atoms with Gasteiger partial charge in [0.2, 0.25) is 5.78 Å². The fraction of sp³-hybridized carbons (Fsp3) is 0.350. The fourth-order valence-electron chi connectivity index (χ4n) is 2.46. The van der Waals surface area contributed by atoms with Gasteiger partial charge in [-0.25, -0.2) is 0 Å². The minimum Gasteiger partial charge on any atom is -0.497 e. The number of hydrogen-bond donors (Lipinski definition) is 1. The zero-order chi connectivity index (χ0) is 18.9. The number of pyridine rings is 1. The van der Waals surface area contributed by atoms with E-state index in [4.69, 9.17) is 9.47 Å². The van der Waals surface area contributed by atoms with Gasteiger partial charge in [-0.1, -0.05) is 6.07 Å². The van der Waals surface area contributed by atoms with E-state index in [2.05, 4.69) is 10.3 Å². The van der Waals surface area contributed by atoms with Crippen LogP contribution in [0.15, 0.2) is 36.5 Å². The maximum atomic E-state index is 12.0. The molecule has 0 fully saturated rings. The zero-order valence-corrected chi connectivity index (χ0v) is 15.4. The summed E-state index contributed by atoms with van der Waals surface area (Å²) >= 11 is 0. The first-order chi connectivity index (χ1) is 12.5. The Morgan fingerprint density at radius 2 is 1.92 bits per heavy atom. The maximum absolute atomic E-state index is 12.0. The predicted octanol–water partition coefficient (Wildman–Crippen LogP) is 2.62. The summed E-state index contributed by atoms with van der Waals surface area (Å²) in [4.78, 5) is 28.3. The van der Waals surface area contributed by atoms with Crippen LogP contribution < -0.4 is 14.8 Å². The Kier molecular flexibility index (Phi) is 7.14. The van der Waals surface area contributed by atoms with E-state index in [0.717, 1.165) is 16.8 Å². The normalized spacial score (nSPS) is 10.3. The van der Waals surface area contributed by atoms with Gasteiger partial charge in [-0.3, -0.25) is 14.6 Å². The second kappa shape index (κ2) is 9.56. The summed E-state index contributed by atoms with van der Waals surface area (Å²) in [6.45, 7) is 2.19. The van der Waals surface area contributed by atoms with Crippen molar-refractivity contribution >= 4 is 11.7 Å². The minimum absolute atomic E-state index is 0.196. The summed E-state index contributed by atoms with van der Waals surface area (Å²) in [5, 5.41) is 2.64. The van der Waals surface area contributed by atoms with Crippen molar-refractivity contribution in [2.24, 2.45) is 0 Å². The molecule has 6 nitrogen and oxygen atoms in total. The smallest absolute Gasteiger partial charge is 0.287 e. The lowest BCUT2D eigenvalue weighted by molar-refractivity contribution is -0.138. The van der Waals surface area contributed by atoms with Crippen molar-refractivity contribution in [1.82, 2.24) is 10.3 Å². The number of hydrogen-bond acceptors (Lipinski definition) is 5. The molecule has 0 saturated heterocycles. The van der Waals surface area contributed by atoms with E-state index in [9.17, 15) is 9.59 Å². The first kappa shape index (κ1) is 19.4. The number of ether oxygens (including phenoxy) is 2. The van der Waals surface area contributed by atoms with Crippen LogP contribution in [0, 0.1) is 6.92 Å². The molecule has 2 aromatic rings. The highest BCUT2D eigenvalue weighted by Crippen LogP contribution is 2.24. The molecule has 0 radical (unpaired) electrons. The Hall–Kier alpha value is -2.89. The van der Waals surface area contributed by atoms with Gasteiger partial charge in [0.15, 0.2) is 0 Å². The molecule has 6 heteroatoms. The molecule has 0 aliphatic carbocycles. The third kappa shape index (κ3) is 5.58. The first-order valence-corrected chi connectivity index (χ1v) is 8.47. The molecule has 1 amide bonds. The van der Waals surface area contributed by atoms with Crippen molar-refractivity contribution < 1.29 is 19.1 Å². The summed E-state index contributed by atoms with van der Waals surface area (Å²) < 4.78 is 10.4. The molecule has 0 aliphatic rings. The van der Waals surface area contributed by atoms with Crippen LogP contribution in [-0.4, -0.2) is 30.9 Å². The molecule has 0 saturated carbocycles. The second-order valence-electron chi connectivity index (χ2n) is 5.96. The highest BCUT2D eigenvalue weighted by Gasteiger charge is 2.14. The standard InChI is InChI=1S/C20H24N2O4/c1-14-7-9-16(21-12-14)5-4-6-18(23)20(24)22-13-15-8-10-17(25-2)11-19(15)26-3/h7-12H,4-6,13H2,1-3H3,(H,22,24). The van der Waals surface area contributed by atoms with Crippen molar-refractivity contribution in [2.75, 3.05) is 14.2 Å². The summed E-state index contributed by atoms with van der Waals surface area (Å²) in [5.74, 6) is 0.254. The Morgan fingerprint density at radius 1 is 1.12 bits per heavy atom. The number of aromatic nitrogens is 1. The number of carbonyl (C=O) groups is 2. The topological polar surface area (TPSA) is 77.5 Å². The molecule has 0 bridgehead atoms. The number of aryl methyl sites for hydroxylation is 2. The largest absolute Gasteiger partial charge is 0.497 e. The molecule has 138 valence electrons. The third-order valence-electron chi connectivity index (χ3n) is 4.00. The minimum atomic E-state index is -0.584. The van der Waals surface area contributed by atoms with Gasteiger partial charge in [0.25, 0.3) is 5.91 Å². The summed E-state index contributed by atoms with van der Waals surface area (Å²) in [6.07, 6.45) is 3.26. The molecular weight excluding hydrogens is 332 g/mol. The van der Waals surface area contributed by atoms with Gasteiger partial charge in [-0.15, -0.1) is 0 Å². The van der Waals surface area contributed by atoms with E-state index in [-0.39, 0.29) is 13.0 Å². The van der Waals surface area contributed by atoms with Crippen molar-refractivity contribution in [1.29, 1.82) is 0 Å². The quantitative estimate of drug-likeness (QED) is 0.699. The summed E-state index contributed by atoms with van der Waals surface area (Å²) in [6, 6.07) is 9.23. The average molecular weight is 356 g/mol. The van der Waals surface area contributed by atoms with Gasteiger partial charge < -0.3 is 14.8 Å². The van der Waals surface area contributed by atoms with Gasteiger partial charge >= 0.3 is 0 Å². The molecule has 0 aliphatic heterocycles. The number of nitrogens with one attached hydrogen (secondary N) is 1. The van der Waals surface area contributed by atoms with E-state index in [0.29, 0.717) is 24.3 Å². The van der Waals surface area contributed by atoms with Crippen LogP contribution in [0.4, 0.5) is 0 Å². The molecule has 1 heterocycles. The lowest BCUT2D eigenvalue weighted by Gasteiger charge is -2.11. The van der Waals surface area contributed by atoms with Crippen molar-refractivity contribution in [3.8, 4) is 11.5 Å². The monoisotopic (exact) mass is 356 g/mol. The molecule has 1 aromatic heterocycles. The van der Waals surface area contributed by atoms with E-state index in [1.165, 1.54) is 0 Å². The molecular formula is C20H24N2O4. The highest BCUT2D eigenvalue weighted by molar-refractivity contribution is 6.36. The van der Waals surface area contributed by atoms with Crippen LogP contribution in [0.25, 0.3) is 0 Å². The van der Waals surface area contributed by atoms with Gasteiger partial charge in [-0.05, 0) is 43.5 Å². The average Bonchev–Trinajstić information content (AvgIpc) is 2.67. The number of carbonyl (C=O) groups excluding carboxylic acids is 2. The summed E-state index contributed by atoms with van der Waals surface area (Å²) in [5.41, 5.74) is 2.79. The predicted molar refractivity (Wildman–Crippen MR) is 98.3 cm³/mol. The summed E-state index contributed by atoms with van der Waals surface area (Å²) in [7, 11) is 3.12. The first-order valence-electron chi connectivity index (χ1n) is 8.47. The van der Waals surface area contributed by atoms with Crippen molar-refractivity contribution in [3.63, 3.8) is 0 Å². The van der Waals surface area contributed by atoms with E-state index in [1.807, 2.05) is 19.1 Å². The number of ketones is 1. The molecule has 2 rings (SSSR count). The molecule has 0 spiro atoms. The second-order valence-corrected chi connectivity index (χ2v) is 5.96. The van der Waals surface area contributed by atoms with Crippen molar-refractivity contribution in [2.45, 2.75) is 32.7 Å². The molecule has 0 atom stereocenters. The number of rotatable bonds is 9. The zero-order valence-electron chi connectivity index (χ0n) is 15.4. The maximum Gasteiger partial charge on any atom is 0.287 e. The number of Topliss-reactive ketones (excluding diaryl/α,β-unsaturated/α-hetero) is 1. The molecule has 26 heavy (non-hydrogen) atoms. The Bertz CT molecular complexity index is 757. The van der Waals surface area contributed by atoms with Crippen LogP contribution in [0.1, 0.15) is 29.7 Å². The number of nitrogens with zero attached hydrogens (tertiary/aromatic N) is 1. The molecule has 1 aromatic carbocycles. The number of benzene rings is 1. The van der Waals surface area contributed by atoms with Gasteiger partial charge in [0, 0.05) is 36.5 Å².